The zero-order chi connectivity index (χ0) is 9.19. The van der Waals surface area contributed by atoms with Gasteiger partial charge in [-0.3, -0.25) is 0 Å². The summed E-state index contributed by atoms with van der Waals surface area (Å²) in [4.78, 5) is 4.10. The number of aromatic nitrogens is 1. The van der Waals surface area contributed by atoms with Crippen molar-refractivity contribution in [1.29, 1.82) is 0 Å². The Morgan fingerprint density at radius 2 is 2.17 bits per heavy atom. The molecule has 1 N–H and O–H groups in total. The lowest BCUT2D eigenvalue weighted by Crippen LogP contribution is -2.09. The molecule has 0 aliphatic rings. The molecule has 0 amide bonds. The van der Waals surface area contributed by atoms with Crippen LogP contribution in [0.5, 0.6) is 0 Å². The van der Waals surface area contributed by atoms with Gasteiger partial charge in [-0.15, -0.1) is 0 Å². The van der Waals surface area contributed by atoms with Crippen molar-refractivity contribution < 1.29 is 9.52 Å². The second-order valence-corrected chi connectivity index (χ2v) is 4.13. The molecule has 1 aromatic heterocycles. The Kier molecular flexibility index (Phi) is 2.52. The zero-order valence-corrected chi connectivity index (χ0v) is 7.79. The second kappa shape index (κ2) is 3.27. The van der Waals surface area contributed by atoms with E-state index in [0.29, 0.717) is 11.6 Å². The molecule has 1 aromatic rings. The molecular weight excluding hydrogens is 154 g/mol. The van der Waals surface area contributed by atoms with E-state index < -0.39 is 0 Å². The van der Waals surface area contributed by atoms with Gasteiger partial charge in [-0.05, 0) is 5.41 Å². The Bertz CT molecular complexity index is 247. The summed E-state index contributed by atoms with van der Waals surface area (Å²) in [6, 6.07) is 0. The van der Waals surface area contributed by atoms with Gasteiger partial charge in [0.25, 0.3) is 0 Å². The molecule has 3 nitrogen and oxygen atoms in total. The fourth-order valence-electron chi connectivity index (χ4n) is 0.956. The minimum Gasteiger partial charge on any atom is -0.449 e. The van der Waals surface area contributed by atoms with E-state index >= 15 is 0 Å². The third-order valence-electron chi connectivity index (χ3n) is 1.44. The van der Waals surface area contributed by atoms with E-state index in [2.05, 4.69) is 25.8 Å². The van der Waals surface area contributed by atoms with Crippen LogP contribution >= 0.6 is 0 Å². The van der Waals surface area contributed by atoms with E-state index in [-0.39, 0.29) is 12.0 Å². The molecule has 0 fully saturated rings. The first-order chi connectivity index (χ1) is 5.51. The molecule has 0 aliphatic heterocycles. The molecule has 0 aromatic carbocycles. The van der Waals surface area contributed by atoms with Crippen molar-refractivity contribution in [3.05, 3.63) is 17.8 Å². The summed E-state index contributed by atoms with van der Waals surface area (Å²) in [6.45, 7) is 6.31. The van der Waals surface area contributed by atoms with E-state index in [0.717, 1.165) is 6.42 Å². The number of oxazole rings is 1. The molecule has 0 saturated heterocycles. The second-order valence-electron chi connectivity index (χ2n) is 4.13. The molecule has 0 bridgehead atoms. The molecule has 68 valence electrons. The standard InChI is InChI=1S/C9H15NO2/c1-9(2,3)4-8-10-7(5-11)6-12-8/h6,11H,4-5H2,1-3H3. The molecule has 1 heterocycles. The highest BCUT2D eigenvalue weighted by molar-refractivity contribution is 4.96. The largest absolute Gasteiger partial charge is 0.449 e. The third kappa shape index (κ3) is 2.66. The van der Waals surface area contributed by atoms with Gasteiger partial charge in [0.05, 0.1) is 6.61 Å². The van der Waals surface area contributed by atoms with Gasteiger partial charge in [0.15, 0.2) is 5.89 Å². The van der Waals surface area contributed by atoms with Gasteiger partial charge >= 0.3 is 0 Å². The summed E-state index contributed by atoms with van der Waals surface area (Å²) in [5.74, 6) is 0.701. The van der Waals surface area contributed by atoms with Gasteiger partial charge in [-0.1, -0.05) is 20.8 Å². The monoisotopic (exact) mass is 169 g/mol. The molecular formula is C9H15NO2. The van der Waals surface area contributed by atoms with Crippen LogP contribution < -0.4 is 0 Å². The molecule has 0 saturated carbocycles. The SMILES string of the molecule is CC(C)(C)Cc1nc(CO)co1. The van der Waals surface area contributed by atoms with Crippen LogP contribution in [0.25, 0.3) is 0 Å². The maximum absolute atomic E-state index is 8.73. The third-order valence-corrected chi connectivity index (χ3v) is 1.44. The number of aliphatic hydroxyl groups excluding tert-OH is 1. The summed E-state index contributed by atoms with van der Waals surface area (Å²) in [7, 11) is 0. The maximum atomic E-state index is 8.73. The average Bonchev–Trinajstić information content (AvgIpc) is 2.32. The van der Waals surface area contributed by atoms with Gasteiger partial charge in [0.2, 0.25) is 0 Å². The molecule has 1 rings (SSSR count). The van der Waals surface area contributed by atoms with Crippen molar-refractivity contribution in [1.82, 2.24) is 4.98 Å². The Balaban J connectivity index is 2.64. The number of nitrogens with zero attached hydrogens (tertiary/aromatic N) is 1. The van der Waals surface area contributed by atoms with Crippen LogP contribution in [0.15, 0.2) is 10.7 Å². The van der Waals surface area contributed by atoms with Gasteiger partial charge in [-0.2, -0.15) is 0 Å². The van der Waals surface area contributed by atoms with Crippen molar-refractivity contribution in [3.8, 4) is 0 Å². The summed E-state index contributed by atoms with van der Waals surface area (Å²) < 4.78 is 5.16. The number of hydrogen-bond acceptors (Lipinski definition) is 3. The molecule has 0 atom stereocenters. The molecule has 0 spiro atoms. The van der Waals surface area contributed by atoms with Crippen molar-refractivity contribution in [3.63, 3.8) is 0 Å². The smallest absolute Gasteiger partial charge is 0.194 e. The zero-order valence-electron chi connectivity index (χ0n) is 7.79. The van der Waals surface area contributed by atoms with Crippen molar-refractivity contribution >= 4 is 0 Å². The predicted molar refractivity (Wildman–Crippen MR) is 45.6 cm³/mol. The number of aliphatic hydroxyl groups is 1. The normalized spacial score (nSPS) is 12.0. The summed E-state index contributed by atoms with van der Waals surface area (Å²) in [5.41, 5.74) is 0.784. The van der Waals surface area contributed by atoms with Crippen LogP contribution in [0.3, 0.4) is 0 Å². The maximum Gasteiger partial charge on any atom is 0.194 e. The first-order valence-electron chi connectivity index (χ1n) is 4.05. The summed E-state index contributed by atoms with van der Waals surface area (Å²) in [5, 5.41) is 8.73. The van der Waals surface area contributed by atoms with Crippen LogP contribution in [0.4, 0.5) is 0 Å². The van der Waals surface area contributed by atoms with Gasteiger partial charge in [0, 0.05) is 6.42 Å². The Labute approximate surface area is 72.4 Å². The Morgan fingerprint density at radius 3 is 2.58 bits per heavy atom. The Morgan fingerprint density at radius 1 is 1.50 bits per heavy atom. The number of rotatable bonds is 2. The highest BCUT2D eigenvalue weighted by Gasteiger charge is 2.14. The lowest BCUT2D eigenvalue weighted by atomic mass is 9.92. The van der Waals surface area contributed by atoms with E-state index in [9.17, 15) is 0 Å². The molecule has 0 radical (unpaired) electrons. The summed E-state index contributed by atoms with van der Waals surface area (Å²) >= 11 is 0. The molecule has 12 heavy (non-hydrogen) atoms. The van der Waals surface area contributed by atoms with Crippen molar-refractivity contribution in [2.75, 3.05) is 0 Å². The quantitative estimate of drug-likeness (QED) is 0.733. The Hall–Kier alpha value is -0.830. The lowest BCUT2D eigenvalue weighted by Gasteiger charge is -2.14. The minimum atomic E-state index is -0.0480. The predicted octanol–water partition coefficient (Wildman–Crippen LogP) is 1.76. The van der Waals surface area contributed by atoms with Crippen LogP contribution in [0, 0.1) is 5.41 Å². The average molecular weight is 169 g/mol. The van der Waals surface area contributed by atoms with E-state index in [1.807, 2.05) is 0 Å². The van der Waals surface area contributed by atoms with E-state index in [1.165, 1.54) is 6.26 Å². The summed E-state index contributed by atoms with van der Waals surface area (Å²) in [6.07, 6.45) is 2.30. The van der Waals surface area contributed by atoms with E-state index in [1.54, 1.807) is 0 Å². The first kappa shape index (κ1) is 9.26. The fourth-order valence-corrected chi connectivity index (χ4v) is 0.956. The topological polar surface area (TPSA) is 46.3 Å². The van der Waals surface area contributed by atoms with Crippen molar-refractivity contribution in [2.45, 2.75) is 33.8 Å². The van der Waals surface area contributed by atoms with Gasteiger partial charge < -0.3 is 9.52 Å². The van der Waals surface area contributed by atoms with Crippen LogP contribution in [0.1, 0.15) is 32.4 Å². The molecule has 0 unspecified atom stereocenters. The molecule has 3 heteroatoms. The number of hydrogen-bond donors (Lipinski definition) is 1. The van der Waals surface area contributed by atoms with Crippen LogP contribution in [0.2, 0.25) is 0 Å². The lowest BCUT2D eigenvalue weighted by molar-refractivity contribution is 0.276. The molecule has 0 aliphatic carbocycles. The minimum absolute atomic E-state index is 0.0480. The highest BCUT2D eigenvalue weighted by Crippen LogP contribution is 2.19. The van der Waals surface area contributed by atoms with Crippen LogP contribution in [-0.2, 0) is 13.0 Å². The van der Waals surface area contributed by atoms with Gasteiger partial charge in [-0.25, -0.2) is 4.98 Å². The first-order valence-corrected chi connectivity index (χ1v) is 4.05. The van der Waals surface area contributed by atoms with Crippen molar-refractivity contribution in [2.24, 2.45) is 5.41 Å². The highest BCUT2D eigenvalue weighted by atomic mass is 16.3. The van der Waals surface area contributed by atoms with E-state index in [4.69, 9.17) is 9.52 Å². The van der Waals surface area contributed by atoms with Crippen LogP contribution in [-0.4, -0.2) is 10.1 Å². The van der Waals surface area contributed by atoms with Gasteiger partial charge in [0.1, 0.15) is 12.0 Å². The fraction of sp³-hybridized carbons (Fsp3) is 0.667.